The maximum Gasteiger partial charge on any atom is 0.307 e. The Hall–Kier alpha value is -2.44. The second-order valence-corrected chi connectivity index (χ2v) is 5.35. The number of nitrogens with zero attached hydrogens (tertiary/aromatic N) is 3. The van der Waals surface area contributed by atoms with Gasteiger partial charge in [0.2, 0.25) is 5.91 Å². The fourth-order valence-corrected chi connectivity index (χ4v) is 2.65. The molecule has 0 bridgehead atoms. The van der Waals surface area contributed by atoms with Crippen molar-refractivity contribution in [2.75, 3.05) is 0 Å². The van der Waals surface area contributed by atoms with Crippen LogP contribution in [0, 0.1) is 11.8 Å². The minimum atomic E-state index is -0.901. The quantitative estimate of drug-likeness (QED) is 0.875. The van der Waals surface area contributed by atoms with Crippen LogP contribution in [0.2, 0.25) is 0 Å². The Morgan fingerprint density at radius 3 is 2.76 bits per heavy atom. The summed E-state index contributed by atoms with van der Waals surface area (Å²) in [5, 5.41) is 20.0. The summed E-state index contributed by atoms with van der Waals surface area (Å²) in [4.78, 5) is 23.1. The SMILES string of the molecule is CC(NC(=O)C1CCC1C(=O)O)c1nnc2ccccn12. The molecule has 3 unspecified atom stereocenters. The molecular formula is C14H16N4O3. The van der Waals surface area contributed by atoms with Crippen LogP contribution in [0.25, 0.3) is 5.65 Å². The van der Waals surface area contributed by atoms with E-state index >= 15 is 0 Å². The Bertz CT molecular complexity index is 696. The molecule has 2 heterocycles. The number of rotatable bonds is 4. The van der Waals surface area contributed by atoms with Crippen LogP contribution in [0.4, 0.5) is 0 Å². The molecule has 3 atom stereocenters. The lowest BCUT2D eigenvalue weighted by atomic mass is 9.73. The summed E-state index contributed by atoms with van der Waals surface area (Å²) in [6.45, 7) is 1.82. The third-order valence-corrected chi connectivity index (χ3v) is 4.01. The molecule has 2 aromatic rings. The van der Waals surface area contributed by atoms with Crippen molar-refractivity contribution < 1.29 is 14.7 Å². The van der Waals surface area contributed by atoms with Gasteiger partial charge in [-0.05, 0) is 31.9 Å². The molecule has 1 saturated carbocycles. The summed E-state index contributed by atoms with van der Waals surface area (Å²) in [7, 11) is 0. The Kier molecular flexibility index (Phi) is 3.32. The largest absolute Gasteiger partial charge is 0.481 e. The van der Waals surface area contributed by atoms with E-state index in [9.17, 15) is 9.59 Å². The predicted molar refractivity (Wildman–Crippen MR) is 73.4 cm³/mol. The third kappa shape index (κ3) is 2.35. The number of pyridine rings is 1. The molecule has 0 aromatic carbocycles. The summed E-state index contributed by atoms with van der Waals surface area (Å²) in [5.74, 6) is -1.50. The summed E-state index contributed by atoms with van der Waals surface area (Å²) < 4.78 is 1.81. The maximum atomic E-state index is 12.1. The molecule has 1 aliphatic carbocycles. The molecule has 2 aromatic heterocycles. The van der Waals surface area contributed by atoms with Crippen LogP contribution in [-0.4, -0.2) is 31.6 Å². The molecule has 21 heavy (non-hydrogen) atoms. The molecule has 0 aliphatic heterocycles. The van der Waals surface area contributed by atoms with Gasteiger partial charge in [-0.3, -0.25) is 14.0 Å². The van der Waals surface area contributed by atoms with Gasteiger partial charge in [-0.25, -0.2) is 0 Å². The van der Waals surface area contributed by atoms with Crippen molar-refractivity contribution in [2.24, 2.45) is 11.8 Å². The lowest BCUT2D eigenvalue weighted by Crippen LogP contribution is -2.44. The molecule has 1 fully saturated rings. The normalized spacial score (nSPS) is 22.5. The first kappa shape index (κ1) is 13.5. The van der Waals surface area contributed by atoms with Crippen LogP contribution in [0.3, 0.4) is 0 Å². The van der Waals surface area contributed by atoms with Crippen LogP contribution in [0.1, 0.15) is 31.6 Å². The fraction of sp³-hybridized carbons (Fsp3) is 0.429. The molecule has 0 radical (unpaired) electrons. The highest BCUT2D eigenvalue weighted by Crippen LogP contribution is 2.35. The number of carboxylic acids is 1. The zero-order chi connectivity index (χ0) is 15.0. The second kappa shape index (κ2) is 5.16. The molecule has 3 rings (SSSR count). The lowest BCUT2D eigenvalue weighted by molar-refractivity contribution is -0.152. The maximum absolute atomic E-state index is 12.1. The Morgan fingerprint density at radius 1 is 1.33 bits per heavy atom. The van der Waals surface area contributed by atoms with E-state index in [1.807, 2.05) is 31.3 Å². The number of carboxylic acid groups (broad SMARTS) is 1. The topological polar surface area (TPSA) is 96.6 Å². The van der Waals surface area contributed by atoms with Crippen molar-refractivity contribution in [2.45, 2.75) is 25.8 Å². The van der Waals surface area contributed by atoms with Crippen LogP contribution in [-0.2, 0) is 9.59 Å². The Morgan fingerprint density at radius 2 is 2.10 bits per heavy atom. The number of amides is 1. The van der Waals surface area contributed by atoms with Crippen LogP contribution in [0.15, 0.2) is 24.4 Å². The first-order valence-electron chi connectivity index (χ1n) is 6.91. The molecule has 1 aliphatic rings. The van der Waals surface area contributed by atoms with Gasteiger partial charge < -0.3 is 10.4 Å². The smallest absolute Gasteiger partial charge is 0.307 e. The number of aliphatic carboxylic acids is 1. The average Bonchev–Trinajstić information content (AvgIpc) is 2.80. The Labute approximate surface area is 121 Å². The van der Waals surface area contributed by atoms with Gasteiger partial charge in [-0.15, -0.1) is 10.2 Å². The van der Waals surface area contributed by atoms with Crippen molar-refractivity contribution in [1.82, 2.24) is 19.9 Å². The first-order chi connectivity index (χ1) is 10.1. The number of fused-ring (bicyclic) bond motifs is 1. The van der Waals surface area contributed by atoms with E-state index in [1.165, 1.54) is 0 Å². The van der Waals surface area contributed by atoms with Gasteiger partial charge in [-0.1, -0.05) is 6.07 Å². The molecule has 2 N–H and O–H groups in total. The van der Waals surface area contributed by atoms with Gasteiger partial charge in [-0.2, -0.15) is 0 Å². The third-order valence-electron chi connectivity index (χ3n) is 4.01. The van der Waals surface area contributed by atoms with E-state index < -0.39 is 17.8 Å². The molecule has 110 valence electrons. The van der Waals surface area contributed by atoms with Gasteiger partial charge in [0, 0.05) is 6.20 Å². The minimum Gasteiger partial charge on any atom is -0.481 e. The molecule has 1 amide bonds. The molecule has 7 nitrogen and oxygen atoms in total. The van der Waals surface area contributed by atoms with Gasteiger partial charge in [0.15, 0.2) is 11.5 Å². The molecule has 7 heteroatoms. The minimum absolute atomic E-state index is 0.228. The summed E-state index contributed by atoms with van der Waals surface area (Å²) in [5.41, 5.74) is 0.709. The molecular weight excluding hydrogens is 272 g/mol. The van der Waals surface area contributed by atoms with Crippen molar-refractivity contribution in [3.05, 3.63) is 30.2 Å². The van der Waals surface area contributed by atoms with Gasteiger partial charge in [0.25, 0.3) is 0 Å². The fourth-order valence-electron chi connectivity index (χ4n) is 2.65. The van der Waals surface area contributed by atoms with E-state index in [-0.39, 0.29) is 11.9 Å². The van der Waals surface area contributed by atoms with Gasteiger partial charge in [0.05, 0.1) is 17.9 Å². The average molecular weight is 288 g/mol. The summed E-state index contributed by atoms with van der Waals surface area (Å²) >= 11 is 0. The van der Waals surface area contributed by atoms with E-state index in [0.29, 0.717) is 24.3 Å². The van der Waals surface area contributed by atoms with E-state index in [0.717, 1.165) is 0 Å². The van der Waals surface area contributed by atoms with Gasteiger partial charge >= 0.3 is 5.97 Å². The van der Waals surface area contributed by atoms with E-state index in [2.05, 4.69) is 15.5 Å². The predicted octanol–water partition coefficient (Wildman–Crippen LogP) is 1.02. The number of aromatic nitrogens is 3. The Balaban J connectivity index is 1.73. The number of carbonyl (C=O) groups is 2. The first-order valence-corrected chi connectivity index (χ1v) is 6.91. The van der Waals surface area contributed by atoms with Crippen molar-refractivity contribution in [1.29, 1.82) is 0 Å². The van der Waals surface area contributed by atoms with Crippen molar-refractivity contribution >= 4 is 17.5 Å². The highest BCUT2D eigenvalue weighted by Gasteiger charge is 2.41. The number of hydrogen-bond acceptors (Lipinski definition) is 4. The van der Waals surface area contributed by atoms with Crippen LogP contribution < -0.4 is 5.32 Å². The standard InChI is InChI=1S/C14H16N4O3/c1-8(12-17-16-11-4-2-3-7-18(11)12)15-13(19)9-5-6-10(9)14(20)21/h2-4,7-10H,5-6H2,1H3,(H,15,19)(H,20,21). The highest BCUT2D eigenvalue weighted by molar-refractivity contribution is 5.86. The summed E-state index contributed by atoms with van der Waals surface area (Å²) in [6.07, 6.45) is 3.02. The molecule has 0 spiro atoms. The van der Waals surface area contributed by atoms with Crippen LogP contribution >= 0.6 is 0 Å². The number of nitrogens with one attached hydrogen (secondary N) is 1. The van der Waals surface area contributed by atoms with E-state index in [4.69, 9.17) is 5.11 Å². The summed E-state index contributed by atoms with van der Waals surface area (Å²) in [6, 6.07) is 5.23. The zero-order valence-electron chi connectivity index (χ0n) is 11.6. The lowest BCUT2D eigenvalue weighted by Gasteiger charge is -2.32. The number of hydrogen-bond donors (Lipinski definition) is 2. The van der Waals surface area contributed by atoms with Crippen molar-refractivity contribution in [3.63, 3.8) is 0 Å². The zero-order valence-corrected chi connectivity index (χ0v) is 11.6. The number of carbonyl (C=O) groups excluding carboxylic acids is 1. The molecule has 0 saturated heterocycles. The van der Waals surface area contributed by atoms with Crippen LogP contribution in [0.5, 0.6) is 0 Å². The monoisotopic (exact) mass is 288 g/mol. The second-order valence-electron chi connectivity index (χ2n) is 5.35. The van der Waals surface area contributed by atoms with Crippen molar-refractivity contribution in [3.8, 4) is 0 Å². The highest BCUT2D eigenvalue weighted by atomic mass is 16.4. The van der Waals surface area contributed by atoms with E-state index in [1.54, 1.807) is 4.40 Å². The van der Waals surface area contributed by atoms with Gasteiger partial charge in [0.1, 0.15) is 0 Å².